The molecule has 1 N–H and O–H groups in total. The summed E-state index contributed by atoms with van der Waals surface area (Å²) < 4.78 is 41.7. The third-order valence-electron chi connectivity index (χ3n) is 4.20. The molecule has 1 heterocycles. The van der Waals surface area contributed by atoms with Gasteiger partial charge in [0.25, 0.3) is 0 Å². The number of nitriles is 1. The summed E-state index contributed by atoms with van der Waals surface area (Å²) in [5.74, 6) is 0. The molecule has 0 radical (unpaired) electrons. The highest BCUT2D eigenvalue weighted by Crippen LogP contribution is 2.40. The van der Waals surface area contributed by atoms with Crippen LogP contribution in [0.3, 0.4) is 0 Å². The molecule has 0 unspecified atom stereocenters. The normalized spacial score (nSPS) is 14.6. The van der Waals surface area contributed by atoms with Gasteiger partial charge in [0.1, 0.15) is 5.69 Å². The summed E-state index contributed by atoms with van der Waals surface area (Å²) >= 11 is 7.53. The van der Waals surface area contributed by atoms with Crippen molar-refractivity contribution >= 4 is 34.2 Å². The number of fused-ring (bicyclic) bond motifs is 1. The van der Waals surface area contributed by atoms with Gasteiger partial charge in [-0.25, -0.2) is 9.67 Å². The first-order chi connectivity index (χ1) is 12.9. The molecule has 0 aliphatic heterocycles. The number of amidine groups is 1. The lowest BCUT2D eigenvalue weighted by Gasteiger charge is -2.16. The van der Waals surface area contributed by atoms with Gasteiger partial charge in [-0.05, 0) is 44.1 Å². The van der Waals surface area contributed by atoms with E-state index in [0.717, 1.165) is 6.42 Å². The van der Waals surface area contributed by atoms with Crippen LogP contribution >= 0.6 is 23.4 Å². The van der Waals surface area contributed by atoms with Crippen molar-refractivity contribution in [2.75, 3.05) is 6.26 Å². The smallest absolute Gasteiger partial charge is 0.271 e. The second-order valence-electron chi connectivity index (χ2n) is 5.86. The van der Waals surface area contributed by atoms with Crippen molar-refractivity contribution in [3.8, 4) is 11.9 Å². The first-order valence-corrected chi connectivity index (χ1v) is 9.71. The fraction of sp³-hybridized carbons (Fsp3) is 0.353. The maximum Gasteiger partial charge on any atom is 0.435 e. The molecule has 0 saturated heterocycles. The summed E-state index contributed by atoms with van der Waals surface area (Å²) in [7, 11) is 0. The lowest BCUT2D eigenvalue weighted by molar-refractivity contribution is -0.142. The summed E-state index contributed by atoms with van der Waals surface area (Å²) in [6, 6.07) is 4.85. The fourth-order valence-corrected chi connectivity index (χ4v) is 3.68. The van der Waals surface area contributed by atoms with Crippen LogP contribution in [0.15, 0.2) is 23.2 Å². The molecule has 142 valence electrons. The Kier molecular flexibility index (Phi) is 5.67. The number of halogens is 4. The molecule has 3 rings (SSSR count). The highest BCUT2D eigenvalue weighted by Gasteiger charge is 2.40. The van der Waals surface area contributed by atoms with Gasteiger partial charge in [0.2, 0.25) is 0 Å². The average molecular weight is 414 g/mol. The molecule has 1 aromatic heterocycles. The molecule has 10 heteroatoms. The highest BCUT2D eigenvalue weighted by molar-refractivity contribution is 8.13. The SMILES string of the molecule is CSC(=Nc1cccc(Cl)c1-n1nc(C(F)(F)F)c2c1CCCC2)NC#N. The fourth-order valence-electron chi connectivity index (χ4n) is 3.10. The van der Waals surface area contributed by atoms with Crippen LogP contribution in [-0.2, 0) is 19.0 Å². The van der Waals surface area contributed by atoms with Crippen LogP contribution in [0.2, 0.25) is 5.02 Å². The van der Waals surface area contributed by atoms with E-state index in [-0.39, 0.29) is 16.3 Å². The Morgan fingerprint density at radius 3 is 2.78 bits per heavy atom. The number of hydrogen-bond acceptors (Lipinski definition) is 4. The summed E-state index contributed by atoms with van der Waals surface area (Å²) in [5, 5.41) is 15.7. The average Bonchev–Trinajstić information content (AvgIpc) is 3.01. The predicted molar refractivity (Wildman–Crippen MR) is 99.6 cm³/mol. The summed E-state index contributed by atoms with van der Waals surface area (Å²) in [4.78, 5) is 4.34. The number of aromatic nitrogens is 2. The Bertz CT molecular complexity index is 930. The minimum atomic E-state index is -4.54. The van der Waals surface area contributed by atoms with Crippen LogP contribution < -0.4 is 5.32 Å². The molecule has 0 atom stereocenters. The number of nitrogens with one attached hydrogen (secondary N) is 1. The van der Waals surface area contributed by atoms with E-state index in [1.807, 2.05) is 0 Å². The van der Waals surface area contributed by atoms with Gasteiger partial charge in [0, 0.05) is 11.3 Å². The van der Waals surface area contributed by atoms with Crippen LogP contribution in [0.5, 0.6) is 0 Å². The largest absolute Gasteiger partial charge is 0.435 e. The van der Waals surface area contributed by atoms with Crippen molar-refractivity contribution < 1.29 is 13.2 Å². The third kappa shape index (κ3) is 3.92. The third-order valence-corrected chi connectivity index (χ3v) is 5.09. The standard InChI is InChI=1S/C17H15ClF3N5S/c1-27-16(23-9-22)24-12-7-4-6-11(18)14(12)26-13-8-3-2-5-10(13)15(25-26)17(19,20)21/h4,6-7H,2-3,5,8H2,1H3,(H,23,24). The Morgan fingerprint density at radius 1 is 1.37 bits per heavy atom. The summed E-state index contributed by atoms with van der Waals surface area (Å²) in [5.41, 5.74) is 0.478. The van der Waals surface area contributed by atoms with Gasteiger partial charge in [-0.1, -0.05) is 29.4 Å². The number of thioether (sulfide) groups is 1. The maximum atomic E-state index is 13.5. The van der Waals surface area contributed by atoms with Crippen LogP contribution in [-0.4, -0.2) is 21.2 Å². The molecule has 0 amide bonds. The molecule has 0 saturated carbocycles. The first-order valence-electron chi connectivity index (χ1n) is 8.11. The van der Waals surface area contributed by atoms with Gasteiger partial charge in [-0.15, -0.1) is 0 Å². The van der Waals surface area contributed by atoms with Crippen LogP contribution in [0, 0.1) is 11.5 Å². The van der Waals surface area contributed by atoms with E-state index >= 15 is 0 Å². The van der Waals surface area contributed by atoms with E-state index in [9.17, 15) is 13.2 Å². The lowest BCUT2D eigenvalue weighted by Crippen LogP contribution is -2.13. The van der Waals surface area contributed by atoms with E-state index in [1.54, 1.807) is 30.6 Å². The number of alkyl halides is 3. The van der Waals surface area contributed by atoms with E-state index in [2.05, 4.69) is 15.4 Å². The molecule has 27 heavy (non-hydrogen) atoms. The number of para-hydroxylation sites is 1. The minimum absolute atomic E-state index is 0.226. The highest BCUT2D eigenvalue weighted by atomic mass is 35.5. The maximum absolute atomic E-state index is 13.5. The van der Waals surface area contributed by atoms with Gasteiger partial charge in [-0.2, -0.15) is 23.5 Å². The minimum Gasteiger partial charge on any atom is -0.271 e. The van der Waals surface area contributed by atoms with E-state index in [1.165, 1.54) is 16.4 Å². The second kappa shape index (κ2) is 7.82. The monoisotopic (exact) mass is 413 g/mol. The number of rotatable bonds is 2. The van der Waals surface area contributed by atoms with Crippen molar-refractivity contribution in [3.63, 3.8) is 0 Å². The van der Waals surface area contributed by atoms with Gasteiger partial charge in [0.05, 0.1) is 10.7 Å². The Labute approximate surface area is 163 Å². The zero-order valence-electron chi connectivity index (χ0n) is 14.3. The Balaban J connectivity index is 2.24. The van der Waals surface area contributed by atoms with Crippen molar-refractivity contribution in [3.05, 3.63) is 40.2 Å². The first kappa shape index (κ1) is 19.6. The number of nitrogens with zero attached hydrogens (tertiary/aromatic N) is 4. The lowest BCUT2D eigenvalue weighted by atomic mass is 9.95. The molecule has 1 aromatic carbocycles. The van der Waals surface area contributed by atoms with Crippen LogP contribution in [0.25, 0.3) is 5.69 Å². The number of aliphatic imine (C=N–C) groups is 1. The van der Waals surface area contributed by atoms with Crippen molar-refractivity contribution in [1.82, 2.24) is 15.1 Å². The topological polar surface area (TPSA) is 66.0 Å². The van der Waals surface area contributed by atoms with E-state index < -0.39 is 11.9 Å². The number of benzene rings is 1. The Morgan fingerprint density at radius 2 is 2.11 bits per heavy atom. The zero-order valence-corrected chi connectivity index (χ0v) is 15.8. The molecule has 1 aliphatic carbocycles. The van der Waals surface area contributed by atoms with Crippen LogP contribution in [0.4, 0.5) is 18.9 Å². The molecule has 0 spiro atoms. The quantitative estimate of drug-likeness (QED) is 0.331. The molecule has 1 aliphatic rings. The Hall–Kier alpha value is -2.18. The zero-order chi connectivity index (χ0) is 19.6. The molecule has 0 fully saturated rings. The van der Waals surface area contributed by atoms with Crippen molar-refractivity contribution in [2.24, 2.45) is 4.99 Å². The molecule has 5 nitrogen and oxygen atoms in total. The van der Waals surface area contributed by atoms with Gasteiger partial charge in [-0.3, -0.25) is 5.32 Å². The molecule has 2 aromatic rings. The van der Waals surface area contributed by atoms with Gasteiger partial charge < -0.3 is 0 Å². The second-order valence-corrected chi connectivity index (χ2v) is 7.06. The van der Waals surface area contributed by atoms with Gasteiger partial charge in [0.15, 0.2) is 17.1 Å². The molecule has 0 bridgehead atoms. The number of hydrogen-bond donors (Lipinski definition) is 1. The molecular formula is C17H15ClF3N5S. The van der Waals surface area contributed by atoms with E-state index in [4.69, 9.17) is 16.9 Å². The van der Waals surface area contributed by atoms with Crippen molar-refractivity contribution in [1.29, 1.82) is 5.26 Å². The predicted octanol–water partition coefficient (Wildman–Crippen LogP) is 4.84. The van der Waals surface area contributed by atoms with E-state index in [0.29, 0.717) is 35.8 Å². The summed E-state index contributed by atoms with van der Waals surface area (Å²) in [6.45, 7) is 0. The van der Waals surface area contributed by atoms with Crippen molar-refractivity contribution in [2.45, 2.75) is 31.9 Å². The summed E-state index contributed by atoms with van der Waals surface area (Å²) in [6.07, 6.45) is 1.26. The van der Waals surface area contributed by atoms with Crippen LogP contribution in [0.1, 0.15) is 29.8 Å². The van der Waals surface area contributed by atoms with Gasteiger partial charge >= 0.3 is 6.18 Å². The molecular weight excluding hydrogens is 399 g/mol.